The first-order valence-electron chi connectivity index (χ1n) is 13.3. The van der Waals surface area contributed by atoms with Crippen LogP contribution < -0.4 is 10.6 Å². The van der Waals surface area contributed by atoms with E-state index in [2.05, 4.69) is 46.5 Å². The Balaban J connectivity index is 1.41. The quantitative estimate of drug-likeness (QED) is 0.228. The minimum atomic E-state index is -0.165. The second-order valence-electron chi connectivity index (χ2n) is 9.62. The van der Waals surface area contributed by atoms with Crippen molar-refractivity contribution in [2.45, 2.75) is 27.7 Å². The van der Waals surface area contributed by atoms with Gasteiger partial charge in [-0.3, -0.25) is 9.59 Å². The van der Waals surface area contributed by atoms with Crippen molar-refractivity contribution in [1.29, 1.82) is 0 Å². The van der Waals surface area contributed by atoms with Crippen LogP contribution in [0.25, 0.3) is 33.5 Å². The number of aromatic amines is 1. The minimum Gasteiger partial charge on any atom is -0.358 e. The normalized spacial score (nSPS) is 13.7. The third-order valence-corrected chi connectivity index (χ3v) is 8.11. The number of aromatic nitrogens is 2. The average molecular weight is 540 g/mol. The van der Waals surface area contributed by atoms with E-state index < -0.39 is 0 Å². The molecule has 2 amide bonds. The third-order valence-electron chi connectivity index (χ3n) is 7.22. The third kappa shape index (κ3) is 5.44. The number of anilines is 1. The SMILES string of the molecule is CCN(CC)CCNC(=O)c1c(C)[nH]c(C=C2C(=O)Nc3ccc(-c4csc(-c5ccccc5)n4)cc32)c1C. The van der Waals surface area contributed by atoms with Gasteiger partial charge in [0, 0.05) is 52.2 Å². The zero-order valence-corrected chi connectivity index (χ0v) is 23.5. The molecule has 0 atom stereocenters. The van der Waals surface area contributed by atoms with E-state index in [0.717, 1.165) is 69.7 Å². The molecule has 0 spiro atoms. The van der Waals surface area contributed by atoms with Crippen LogP contribution in [0.5, 0.6) is 0 Å². The van der Waals surface area contributed by atoms with Crippen molar-refractivity contribution in [3.05, 3.63) is 82.0 Å². The number of hydrogen-bond donors (Lipinski definition) is 3. The number of likely N-dealkylation sites (N-methyl/N-ethyl adjacent to an activating group) is 1. The van der Waals surface area contributed by atoms with Crippen molar-refractivity contribution >= 4 is 40.5 Å². The number of hydrogen-bond acceptors (Lipinski definition) is 5. The van der Waals surface area contributed by atoms with Gasteiger partial charge >= 0.3 is 0 Å². The predicted octanol–water partition coefficient (Wildman–Crippen LogP) is 5.99. The van der Waals surface area contributed by atoms with Gasteiger partial charge in [0.15, 0.2) is 0 Å². The van der Waals surface area contributed by atoms with Crippen molar-refractivity contribution in [2.24, 2.45) is 0 Å². The van der Waals surface area contributed by atoms with E-state index in [1.807, 2.05) is 61.7 Å². The lowest BCUT2D eigenvalue weighted by Crippen LogP contribution is -2.35. The van der Waals surface area contributed by atoms with Crippen LogP contribution in [0.2, 0.25) is 0 Å². The highest BCUT2D eigenvalue weighted by Gasteiger charge is 2.26. The monoisotopic (exact) mass is 539 g/mol. The molecule has 1 aliphatic rings. The van der Waals surface area contributed by atoms with Gasteiger partial charge in [0.1, 0.15) is 5.01 Å². The van der Waals surface area contributed by atoms with E-state index in [1.165, 1.54) is 0 Å². The fourth-order valence-corrected chi connectivity index (χ4v) is 5.80. The minimum absolute atomic E-state index is 0.102. The second-order valence-corrected chi connectivity index (χ2v) is 10.5. The van der Waals surface area contributed by atoms with Crippen molar-refractivity contribution in [3.8, 4) is 21.8 Å². The Kier molecular flexibility index (Phi) is 7.77. The van der Waals surface area contributed by atoms with Crippen LogP contribution in [0.15, 0.2) is 53.9 Å². The number of rotatable bonds is 9. The van der Waals surface area contributed by atoms with Crippen LogP contribution in [0, 0.1) is 13.8 Å². The molecule has 2 aromatic carbocycles. The molecule has 4 aromatic rings. The molecule has 7 nitrogen and oxygen atoms in total. The summed E-state index contributed by atoms with van der Waals surface area (Å²) >= 11 is 1.60. The molecular weight excluding hydrogens is 506 g/mol. The molecule has 0 bridgehead atoms. The van der Waals surface area contributed by atoms with E-state index in [4.69, 9.17) is 4.98 Å². The molecule has 3 N–H and O–H groups in total. The number of fused-ring (bicyclic) bond motifs is 1. The molecule has 5 rings (SSSR count). The van der Waals surface area contributed by atoms with Gasteiger partial charge in [-0.1, -0.05) is 50.2 Å². The van der Waals surface area contributed by atoms with Crippen molar-refractivity contribution in [1.82, 2.24) is 20.2 Å². The number of carbonyl (C=O) groups is 2. The number of carbonyl (C=O) groups excluding carboxylic acids is 2. The van der Waals surface area contributed by atoms with E-state index in [1.54, 1.807) is 11.3 Å². The maximum Gasteiger partial charge on any atom is 0.256 e. The van der Waals surface area contributed by atoms with Crippen LogP contribution in [0.4, 0.5) is 5.69 Å². The molecule has 200 valence electrons. The summed E-state index contributed by atoms with van der Waals surface area (Å²) in [5, 5.41) is 9.01. The van der Waals surface area contributed by atoms with Gasteiger partial charge in [-0.05, 0) is 50.7 Å². The van der Waals surface area contributed by atoms with Crippen molar-refractivity contribution in [2.75, 3.05) is 31.5 Å². The largest absolute Gasteiger partial charge is 0.358 e. The molecule has 39 heavy (non-hydrogen) atoms. The van der Waals surface area contributed by atoms with E-state index in [9.17, 15) is 9.59 Å². The highest BCUT2D eigenvalue weighted by Crippen LogP contribution is 2.38. The molecule has 0 saturated heterocycles. The van der Waals surface area contributed by atoms with Crippen LogP contribution >= 0.6 is 11.3 Å². The Hall–Kier alpha value is -4.01. The van der Waals surface area contributed by atoms with Crippen LogP contribution in [0.1, 0.15) is 46.7 Å². The first kappa shape index (κ1) is 26.6. The molecule has 8 heteroatoms. The summed E-state index contributed by atoms with van der Waals surface area (Å²) < 4.78 is 0. The standard InChI is InChI=1S/C31H33N5O2S/c1-5-36(6-2)15-14-32-30(38)28-19(3)26(33-20(28)4)17-24-23-16-22(12-13-25(23)34-29(24)37)27-18-39-31(35-27)21-10-8-7-9-11-21/h7-13,16-18,33H,5-6,14-15H2,1-4H3,(H,32,38)(H,34,37). The molecule has 0 fully saturated rings. The summed E-state index contributed by atoms with van der Waals surface area (Å²) in [7, 11) is 0. The summed E-state index contributed by atoms with van der Waals surface area (Å²) in [6.07, 6.45) is 1.84. The van der Waals surface area contributed by atoms with Crippen molar-refractivity contribution < 1.29 is 9.59 Å². The molecule has 0 saturated carbocycles. The number of thiazole rings is 1. The zero-order chi connectivity index (χ0) is 27.5. The predicted molar refractivity (Wildman–Crippen MR) is 160 cm³/mol. The van der Waals surface area contributed by atoms with Gasteiger partial charge in [-0.25, -0.2) is 4.98 Å². The van der Waals surface area contributed by atoms with Crippen molar-refractivity contribution in [3.63, 3.8) is 0 Å². The first-order valence-corrected chi connectivity index (χ1v) is 14.2. The summed E-state index contributed by atoms with van der Waals surface area (Å²) in [5.74, 6) is -0.267. The zero-order valence-electron chi connectivity index (χ0n) is 22.7. The van der Waals surface area contributed by atoms with Gasteiger partial charge < -0.3 is 20.5 Å². The fraction of sp³-hybridized carbons (Fsp3) is 0.258. The topological polar surface area (TPSA) is 90.1 Å². The number of benzene rings is 2. The number of aryl methyl sites for hydroxylation is 1. The molecular formula is C31H33N5O2S. The van der Waals surface area contributed by atoms with Crippen LogP contribution in [-0.2, 0) is 4.79 Å². The number of nitrogens with zero attached hydrogens (tertiary/aromatic N) is 2. The Bertz CT molecular complexity index is 1550. The van der Waals surface area contributed by atoms with E-state index in [0.29, 0.717) is 17.7 Å². The smallest absolute Gasteiger partial charge is 0.256 e. The lowest BCUT2D eigenvalue weighted by atomic mass is 10.0. The highest BCUT2D eigenvalue weighted by molar-refractivity contribution is 7.13. The molecule has 1 aliphatic heterocycles. The summed E-state index contributed by atoms with van der Waals surface area (Å²) in [5.41, 5.74) is 8.04. The van der Waals surface area contributed by atoms with Crippen LogP contribution in [0.3, 0.4) is 0 Å². The van der Waals surface area contributed by atoms with Crippen LogP contribution in [-0.4, -0.2) is 52.9 Å². The summed E-state index contributed by atoms with van der Waals surface area (Å²) in [4.78, 5) is 36.4. The first-order chi connectivity index (χ1) is 18.9. The molecule has 2 aromatic heterocycles. The molecule has 0 radical (unpaired) electrons. The maximum atomic E-state index is 13.0. The van der Waals surface area contributed by atoms with Gasteiger partial charge in [-0.2, -0.15) is 0 Å². The number of nitrogens with one attached hydrogen (secondary N) is 3. The average Bonchev–Trinajstić information content (AvgIpc) is 3.63. The van der Waals surface area contributed by atoms with Gasteiger partial charge in [0.25, 0.3) is 11.8 Å². The molecule has 0 unspecified atom stereocenters. The van der Waals surface area contributed by atoms with Gasteiger partial charge in [-0.15, -0.1) is 11.3 Å². The fourth-order valence-electron chi connectivity index (χ4n) is 4.97. The lowest BCUT2D eigenvalue weighted by Gasteiger charge is -2.18. The van der Waals surface area contributed by atoms with Gasteiger partial charge in [0.2, 0.25) is 0 Å². The van der Waals surface area contributed by atoms with E-state index >= 15 is 0 Å². The summed E-state index contributed by atoms with van der Waals surface area (Å²) in [6, 6.07) is 16.0. The Morgan fingerprint density at radius 2 is 1.85 bits per heavy atom. The Morgan fingerprint density at radius 3 is 2.59 bits per heavy atom. The number of H-pyrrole nitrogens is 1. The van der Waals surface area contributed by atoms with Gasteiger partial charge in [0.05, 0.1) is 16.8 Å². The molecule has 3 heterocycles. The number of amides is 2. The maximum absolute atomic E-state index is 13.0. The lowest BCUT2D eigenvalue weighted by molar-refractivity contribution is -0.110. The Morgan fingerprint density at radius 1 is 1.08 bits per heavy atom. The second kappa shape index (κ2) is 11.4. The molecule has 0 aliphatic carbocycles. The summed E-state index contributed by atoms with van der Waals surface area (Å²) in [6.45, 7) is 11.3. The Labute approximate surface area is 233 Å². The van der Waals surface area contributed by atoms with E-state index in [-0.39, 0.29) is 11.8 Å². The highest BCUT2D eigenvalue weighted by atomic mass is 32.1.